The van der Waals surface area contributed by atoms with Crippen molar-refractivity contribution in [2.45, 2.75) is 56.8 Å². The number of unbranched alkanes of at least 4 members (excludes halogenated alkanes) is 1. The van der Waals surface area contributed by atoms with E-state index in [9.17, 15) is 24.9 Å². The zero-order valence-electron chi connectivity index (χ0n) is 33.9. The zero-order valence-corrected chi connectivity index (χ0v) is 33.9. The molecule has 20 nitrogen and oxygen atoms in total. The van der Waals surface area contributed by atoms with Crippen molar-refractivity contribution in [3.05, 3.63) is 0 Å². The fourth-order valence-corrected chi connectivity index (χ4v) is 4.64. The Balaban J connectivity index is 1.66. The van der Waals surface area contributed by atoms with Crippen molar-refractivity contribution >= 4 is 12.2 Å². The van der Waals surface area contributed by atoms with E-state index in [1.165, 1.54) is 0 Å². The topological polar surface area (TPSA) is 239 Å². The lowest BCUT2D eigenvalue weighted by atomic mass is 9.99. The molecule has 0 aromatic heterocycles. The fraction of sp³-hybridized carbons (Fsp3) is 0.946. The van der Waals surface area contributed by atoms with Crippen LogP contribution in [-0.2, 0) is 71.2 Å². The number of aliphatic hydroxyl groups is 3. The van der Waals surface area contributed by atoms with Crippen molar-refractivity contribution in [2.75, 3.05) is 172 Å². The number of ether oxygens (including phenoxy) is 13. The SMILES string of the molecule is CCCCNC(=O)CCOCCOCCOCCOCCOCCOCCOCCOCCOCCOCCOCCOCCNC1O[C@H](C=O)[C@@H](O)[C@H](O)[C@H]1O. The molecule has 5 atom stereocenters. The molecule has 338 valence electrons. The molecule has 0 radical (unpaired) electrons. The number of hydrogen-bond acceptors (Lipinski definition) is 19. The summed E-state index contributed by atoms with van der Waals surface area (Å²) in [5.74, 6) is 0.0183. The first-order valence-corrected chi connectivity index (χ1v) is 20.1. The molecule has 5 N–H and O–H groups in total. The Labute approximate surface area is 337 Å². The molecule has 1 heterocycles. The van der Waals surface area contributed by atoms with Crippen LogP contribution >= 0.6 is 0 Å². The Bertz CT molecular complexity index is 885. The van der Waals surface area contributed by atoms with Crippen molar-refractivity contribution in [1.29, 1.82) is 0 Å². The average Bonchev–Trinajstić information content (AvgIpc) is 3.21. The Kier molecular flexibility index (Phi) is 38.7. The van der Waals surface area contributed by atoms with Gasteiger partial charge in [-0.15, -0.1) is 0 Å². The van der Waals surface area contributed by atoms with Crippen LogP contribution in [0.5, 0.6) is 0 Å². The Morgan fingerprint density at radius 1 is 0.491 bits per heavy atom. The molecule has 0 aromatic carbocycles. The highest BCUT2D eigenvalue weighted by Crippen LogP contribution is 2.18. The lowest BCUT2D eigenvalue weighted by Crippen LogP contribution is -2.62. The van der Waals surface area contributed by atoms with Gasteiger partial charge in [0.1, 0.15) is 30.6 Å². The van der Waals surface area contributed by atoms with Crippen LogP contribution < -0.4 is 10.6 Å². The molecule has 0 aromatic rings. The molecule has 57 heavy (non-hydrogen) atoms. The van der Waals surface area contributed by atoms with Gasteiger partial charge in [0.2, 0.25) is 5.91 Å². The van der Waals surface area contributed by atoms with E-state index in [4.69, 9.17) is 61.6 Å². The van der Waals surface area contributed by atoms with Gasteiger partial charge in [-0.25, -0.2) is 0 Å². The molecule has 0 bridgehead atoms. The van der Waals surface area contributed by atoms with Crippen LogP contribution in [0, 0.1) is 0 Å². The van der Waals surface area contributed by atoms with E-state index in [-0.39, 0.29) is 12.5 Å². The Hall–Kier alpha value is -1.54. The first-order chi connectivity index (χ1) is 28.0. The van der Waals surface area contributed by atoms with Gasteiger partial charge in [0.15, 0.2) is 6.29 Å². The molecular formula is C37H72N2O18. The average molecular weight is 833 g/mol. The second kappa shape index (κ2) is 41.2. The van der Waals surface area contributed by atoms with Crippen molar-refractivity contribution in [3.63, 3.8) is 0 Å². The lowest BCUT2D eigenvalue weighted by Gasteiger charge is -2.38. The number of nitrogens with one attached hydrogen (secondary N) is 2. The molecule has 0 saturated carbocycles. The zero-order chi connectivity index (χ0) is 41.3. The summed E-state index contributed by atoms with van der Waals surface area (Å²) in [6.45, 7) is 13.7. The highest BCUT2D eigenvalue weighted by molar-refractivity contribution is 5.75. The number of aldehydes is 1. The summed E-state index contributed by atoms with van der Waals surface area (Å²) in [4.78, 5) is 22.5. The molecule has 1 fully saturated rings. The van der Waals surface area contributed by atoms with Crippen molar-refractivity contribution in [3.8, 4) is 0 Å². The van der Waals surface area contributed by atoms with E-state index in [1.807, 2.05) is 0 Å². The largest absolute Gasteiger partial charge is 0.387 e. The molecule has 1 aliphatic heterocycles. The highest BCUT2D eigenvalue weighted by Gasteiger charge is 2.43. The summed E-state index contributed by atoms with van der Waals surface area (Å²) in [6.07, 6.45) is -3.74. The van der Waals surface area contributed by atoms with E-state index < -0.39 is 30.6 Å². The van der Waals surface area contributed by atoms with Crippen LogP contribution in [0.4, 0.5) is 0 Å². The van der Waals surface area contributed by atoms with Crippen molar-refractivity contribution < 1.29 is 86.5 Å². The number of amides is 1. The molecule has 1 saturated heterocycles. The van der Waals surface area contributed by atoms with Crippen molar-refractivity contribution in [1.82, 2.24) is 10.6 Å². The summed E-state index contributed by atoms with van der Waals surface area (Å²) >= 11 is 0. The van der Waals surface area contributed by atoms with E-state index >= 15 is 0 Å². The third-order valence-electron chi connectivity index (χ3n) is 7.79. The van der Waals surface area contributed by atoms with Gasteiger partial charge in [0, 0.05) is 19.5 Å². The van der Waals surface area contributed by atoms with Gasteiger partial charge in [0.25, 0.3) is 0 Å². The number of hydrogen-bond donors (Lipinski definition) is 5. The molecule has 1 amide bonds. The first kappa shape index (κ1) is 53.5. The minimum Gasteiger partial charge on any atom is -0.387 e. The minimum absolute atomic E-state index is 0.0183. The predicted octanol–water partition coefficient (Wildman–Crippen LogP) is -1.91. The van der Waals surface area contributed by atoms with Gasteiger partial charge in [0.05, 0.1) is 159 Å². The van der Waals surface area contributed by atoms with Gasteiger partial charge < -0.3 is 87.0 Å². The summed E-state index contributed by atoms with van der Waals surface area (Å²) < 4.78 is 70.7. The second-order valence-electron chi connectivity index (χ2n) is 12.4. The van der Waals surface area contributed by atoms with Gasteiger partial charge in [-0.2, -0.15) is 0 Å². The van der Waals surface area contributed by atoms with Gasteiger partial charge in [-0.05, 0) is 6.42 Å². The molecule has 0 aliphatic carbocycles. The first-order valence-electron chi connectivity index (χ1n) is 20.1. The highest BCUT2D eigenvalue weighted by atomic mass is 16.6. The third kappa shape index (κ3) is 32.9. The van der Waals surface area contributed by atoms with E-state index in [0.717, 1.165) is 19.4 Å². The third-order valence-corrected chi connectivity index (χ3v) is 7.79. The summed E-state index contributed by atoms with van der Waals surface area (Å²) in [5, 5.41) is 35.1. The molecular weight excluding hydrogens is 760 g/mol. The monoisotopic (exact) mass is 832 g/mol. The molecule has 1 unspecified atom stereocenters. The maximum Gasteiger partial charge on any atom is 0.222 e. The maximum atomic E-state index is 11.5. The van der Waals surface area contributed by atoms with E-state index in [1.54, 1.807) is 0 Å². The van der Waals surface area contributed by atoms with E-state index in [0.29, 0.717) is 171 Å². The van der Waals surface area contributed by atoms with Gasteiger partial charge in [-0.3, -0.25) is 10.1 Å². The minimum atomic E-state index is -1.49. The normalized spacial score (nSPS) is 19.6. The number of rotatable bonds is 44. The predicted molar refractivity (Wildman–Crippen MR) is 203 cm³/mol. The molecule has 1 aliphatic rings. The maximum absolute atomic E-state index is 11.5. The van der Waals surface area contributed by atoms with Crippen LogP contribution in [0.2, 0.25) is 0 Å². The quantitative estimate of drug-likeness (QED) is 0.0333. The lowest BCUT2D eigenvalue weighted by molar-refractivity contribution is -0.222. The Morgan fingerprint density at radius 3 is 1.16 bits per heavy atom. The number of carbonyl (C=O) groups excluding carboxylic acids is 2. The molecule has 1 rings (SSSR count). The second-order valence-corrected chi connectivity index (χ2v) is 12.4. The number of aliphatic hydroxyl groups excluding tert-OH is 3. The van der Waals surface area contributed by atoms with Gasteiger partial charge in [-0.1, -0.05) is 13.3 Å². The fourth-order valence-electron chi connectivity index (χ4n) is 4.64. The van der Waals surface area contributed by atoms with Crippen LogP contribution in [-0.4, -0.2) is 230 Å². The molecule has 0 spiro atoms. The van der Waals surface area contributed by atoms with Crippen molar-refractivity contribution in [2.24, 2.45) is 0 Å². The van der Waals surface area contributed by atoms with Crippen LogP contribution in [0.3, 0.4) is 0 Å². The summed E-state index contributed by atoms with van der Waals surface area (Å²) in [6, 6.07) is 0. The summed E-state index contributed by atoms with van der Waals surface area (Å²) in [7, 11) is 0. The van der Waals surface area contributed by atoms with E-state index in [2.05, 4.69) is 17.6 Å². The smallest absolute Gasteiger partial charge is 0.222 e. The summed E-state index contributed by atoms with van der Waals surface area (Å²) in [5.41, 5.74) is 0. The molecule has 20 heteroatoms. The van der Waals surface area contributed by atoms with Gasteiger partial charge >= 0.3 is 0 Å². The Morgan fingerprint density at radius 2 is 0.825 bits per heavy atom. The van der Waals surface area contributed by atoms with Crippen LogP contribution in [0.25, 0.3) is 0 Å². The van der Waals surface area contributed by atoms with Crippen LogP contribution in [0.1, 0.15) is 26.2 Å². The number of carbonyl (C=O) groups is 2. The van der Waals surface area contributed by atoms with Crippen LogP contribution in [0.15, 0.2) is 0 Å². The standard InChI is InChI=1S/C37H72N2O18/c1-2-3-5-38-33(41)4-7-45-9-11-47-13-15-49-17-19-51-21-23-53-25-27-55-29-30-56-28-26-54-24-22-52-20-18-50-16-14-48-12-10-46-8-6-39-37-36(44)35(43)34(42)32(31-40)57-37/h31-32,34-37,39,42-44H,2-30H2,1H3,(H,38,41)/t32-,34-,35+,36-,37?/m1/s1.